The van der Waals surface area contributed by atoms with Crippen LogP contribution < -0.4 is 15.5 Å². The first-order chi connectivity index (χ1) is 16.4. The average Bonchev–Trinajstić information content (AvgIpc) is 3.54. The molecule has 34 heavy (non-hydrogen) atoms. The fraction of sp³-hybridized carbons (Fsp3) is 0.435. The minimum Gasteiger partial charge on any atom is -0.391 e. The van der Waals surface area contributed by atoms with E-state index in [1.54, 1.807) is 4.90 Å². The molecular formula is C23H27FN8O2. The van der Waals surface area contributed by atoms with Crippen molar-refractivity contribution in [2.24, 2.45) is 0 Å². The van der Waals surface area contributed by atoms with Crippen LogP contribution in [0.3, 0.4) is 0 Å². The van der Waals surface area contributed by atoms with E-state index in [0.717, 1.165) is 36.2 Å². The highest BCUT2D eigenvalue weighted by Crippen LogP contribution is 2.33. The van der Waals surface area contributed by atoms with Gasteiger partial charge in [-0.2, -0.15) is 14.5 Å². The fourth-order valence-corrected chi connectivity index (χ4v) is 4.43. The maximum atomic E-state index is 13.1. The molecule has 0 radical (unpaired) electrons. The number of aromatic amines is 1. The van der Waals surface area contributed by atoms with Crippen LogP contribution in [0.15, 0.2) is 24.4 Å². The number of pyridine rings is 1. The lowest BCUT2D eigenvalue weighted by Gasteiger charge is -2.25. The third-order valence-corrected chi connectivity index (χ3v) is 6.22. The number of amides is 1. The van der Waals surface area contributed by atoms with Crippen LogP contribution in [-0.2, 0) is 17.6 Å². The van der Waals surface area contributed by atoms with E-state index >= 15 is 0 Å². The number of nitrogens with one attached hydrogen (secondary N) is 3. The molecule has 3 aromatic rings. The number of hydrogen-bond acceptors (Lipinski definition) is 8. The van der Waals surface area contributed by atoms with Gasteiger partial charge in [0, 0.05) is 30.3 Å². The number of halogens is 1. The molecule has 0 unspecified atom stereocenters. The second-order valence-corrected chi connectivity index (χ2v) is 9.06. The lowest BCUT2D eigenvalue weighted by atomic mass is 10.1. The molecule has 0 aromatic carbocycles. The van der Waals surface area contributed by atoms with Gasteiger partial charge in [0.05, 0.1) is 23.7 Å². The molecule has 2 aliphatic rings. The summed E-state index contributed by atoms with van der Waals surface area (Å²) in [6.45, 7) is 4.41. The summed E-state index contributed by atoms with van der Waals surface area (Å²) in [4.78, 5) is 27.8. The second kappa shape index (κ2) is 8.98. The summed E-state index contributed by atoms with van der Waals surface area (Å²) in [5, 5.41) is 23.8. The molecule has 3 aromatic heterocycles. The van der Waals surface area contributed by atoms with Gasteiger partial charge in [-0.05, 0) is 37.3 Å². The van der Waals surface area contributed by atoms with Gasteiger partial charge in [-0.1, -0.05) is 13.8 Å². The van der Waals surface area contributed by atoms with Crippen molar-refractivity contribution in [3.8, 4) is 0 Å². The van der Waals surface area contributed by atoms with E-state index < -0.39 is 18.1 Å². The van der Waals surface area contributed by atoms with Crippen LogP contribution in [0.25, 0.3) is 0 Å². The van der Waals surface area contributed by atoms with Gasteiger partial charge in [-0.15, -0.1) is 0 Å². The smallest absolute Gasteiger partial charge is 0.247 e. The van der Waals surface area contributed by atoms with E-state index in [9.17, 15) is 14.3 Å². The Hall–Kier alpha value is -3.60. The van der Waals surface area contributed by atoms with Crippen LogP contribution >= 0.6 is 0 Å². The molecular weight excluding hydrogens is 439 g/mol. The fourth-order valence-electron chi connectivity index (χ4n) is 4.43. The molecule has 1 aliphatic carbocycles. The van der Waals surface area contributed by atoms with E-state index in [2.05, 4.69) is 39.7 Å². The quantitative estimate of drug-likeness (QED) is 0.408. The van der Waals surface area contributed by atoms with Crippen molar-refractivity contribution in [2.45, 2.75) is 57.6 Å². The first-order valence-corrected chi connectivity index (χ1v) is 11.5. The maximum Gasteiger partial charge on any atom is 0.247 e. The Bertz CT molecular complexity index is 1200. The Morgan fingerprint density at radius 2 is 2.15 bits per heavy atom. The van der Waals surface area contributed by atoms with Gasteiger partial charge < -0.3 is 20.6 Å². The summed E-state index contributed by atoms with van der Waals surface area (Å²) in [7, 11) is 0. The number of aromatic nitrogens is 5. The average molecular weight is 467 g/mol. The molecule has 1 fully saturated rings. The van der Waals surface area contributed by atoms with E-state index in [4.69, 9.17) is 9.97 Å². The number of aliphatic hydroxyl groups is 1. The van der Waals surface area contributed by atoms with Crippen molar-refractivity contribution in [3.05, 3.63) is 47.3 Å². The molecule has 0 spiro atoms. The summed E-state index contributed by atoms with van der Waals surface area (Å²) < 4.78 is 13.1. The van der Waals surface area contributed by atoms with E-state index in [1.165, 1.54) is 18.3 Å². The van der Waals surface area contributed by atoms with Crippen LogP contribution in [0.2, 0.25) is 0 Å². The monoisotopic (exact) mass is 466 g/mol. The lowest BCUT2D eigenvalue weighted by molar-refractivity contribution is -0.117. The predicted molar refractivity (Wildman–Crippen MR) is 125 cm³/mol. The molecule has 4 N–H and O–H groups in total. The topological polar surface area (TPSA) is 132 Å². The first kappa shape index (κ1) is 22.2. The number of H-pyrrole nitrogens is 1. The van der Waals surface area contributed by atoms with Crippen molar-refractivity contribution < 1.29 is 14.3 Å². The highest BCUT2D eigenvalue weighted by Gasteiger charge is 2.38. The number of aliphatic hydroxyl groups excluding tert-OH is 1. The van der Waals surface area contributed by atoms with Gasteiger partial charge in [0.1, 0.15) is 11.9 Å². The number of fused-ring (bicyclic) bond motifs is 1. The molecule has 1 aliphatic heterocycles. The zero-order chi connectivity index (χ0) is 23.8. The molecule has 5 rings (SSSR count). The highest BCUT2D eigenvalue weighted by molar-refractivity contribution is 5.97. The van der Waals surface area contributed by atoms with Gasteiger partial charge in [0.25, 0.3) is 0 Å². The minimum absolute atomic E-state index is 0.234. The van der Waals surface area contributed by atoms with Gasteiger partial charge >= 0.3 is 0 Å². The van der Waals surface area contributed by atoms with Crippen LogP contribution in [-0.4, -0.2) is 54.9 Å². The van der Waals surface area contributed by atoms with Gasteiger partial charge in [-0.25, -0.2) is 9.97 Å². The zero-order valence-corrected chi connectivity index (χ0v) is 19.0. The Labute approximate surface area is 196 Å². The number of hydrogen-bond donors (Lipinski definition) is 4. The number of anilines is 4. The van der Waals surface area contributed by atoms with E-state index in [1.807, 2.05) is 6.07 Å². The molecule has 2 atom stereocenters. The zero-order valence-electron chi connectivity index (χ0n) is 19.0. The maximum absolute atomic E-state index is 13.1. The molecule has 1 saturated heterocycles. The standard InChI is InChI=1S/C23H27FN8O2/c1-12(2)17-9-20(31-30-17)28-21-15-4-3-5-16(15)27-23(29-21)32-11-14(33)8-18(32)22(34)26-13-6-7-19(24)25-10-13/h6-7,9-10,12,14,18,33H,3-5,8,11H2,1-2H3,(H,26,34)(H2,27,28,29,30,31)/t14-,18+/m1/s1. The number of aryl methyl sites for hydroxylation is 1. The SMILES string of the molecule is CC(C)c1cc(Nc2nc(N3C[C@H](O)C[C@H]3C(=O)Nc3ccc(F)nc3)nc3c2CCC3)n[nH]1. The van der Waals surface area contributed by atoms with Crippen LogP contribution in [0, 0.1) is 5.95 Å². The van der Waals surface area contributed by atoms with E-state index in [-0.39, 0.29) is 18.9 Å². The molecule has 0 saturated carbocycles. The predicted octanol–water partition coefficient (Wildman–Crippen LogP) is 2.67. The van der Waals surface area contributed by atoms with E-state index in [0.29, 0.717) is 29.2 Å². The number of carbonyl (C=O) groups is 1. The molecule has 178 valence electrons. The Morgan fingerprint density at radius 1 is 1.29 bits per heavy atom. The Kier molecular flexibility index (Phi) is 5.86. The van der Waals surface area contributed by atoms with Crippen molar-refractivity contribution in [1.29, 1.82) is 0 Å². The van der Waals surface area contributed by atoms with Gasteiger partial charge in [0.2, 0.25) is 17.8 Å². The van der Waals surface area contributed by atoms with Crippen molar-refractivity contribution >= 4 is 29.2 Å². The molecule has 10 nitrogen and oxygen atoms in total. The third kappa shape index (κ3) is 4.43. The first-order valence-electron chi connectivity index (χ1n) is 11.5. The van der Waals surface area contributed by atoms with Crippen molar-refractivity contribution in [1.82, 2.24) is 25.1 Å². The van der Waals surface area contributed by atoms with Gasteiger partial charge in [-0.3, -0.25) is 9.89 Å². The molecule has 4 heterocycles. The number of carbonyl (C=O) groups excluding carboxylic acids is 1. The molecule has 11 heteroatoms. The highest BCUT2D eigenvalue weighted by atomic mass is 19.1. The normalized spacial score (nSPS) is 19.5. The van der Waals surface area contributed by atoms with Crippen LogP contribution in [0.4, 0.5) is 27.7 Å². The summed E-state index contributed by atoms with van der Waals surface area (Å²) >= 11 is 0. The number of rotatable bonds is 6. The second-order valence-electron chi connectivity index (χ2n) is 9.06. The lowest BCUT2D eigenvalue weighted by Crippen LogP contribution is -2.40. The van der Waals surface area contributed by atoms with Crippen LogP contribution in [0.1, 0.15) is 49.6 Å². The summed E-state index contributed by atoms with van der Waals surface area (Å²) in [5.41, 5.74) is 3.39. The Balaban J connectivity index is 1.42. The Morgan fingerprint density at radius 3 is 2.88 bits per heavy atom. The third-order valence-electron chi connectivity index (χ3n) is 6.22. The molecule has 0 bridgehead atoms. The number of β-amino-alcohol motifs (C(OH)–C–C–N with tert-alkyl or cyclic N) is 1. The largest absolute Gasteiger partial charge is 0.391 e. The summed E-state index contributed by atoms with van der Waals surface area (Å²) in [5.74, 6) is 1.08. The summed E-state index contributed by atoms with van der Waals surface area (Å²) in [6.07, 6.45) is 3.46. The van der Waals surface area contributed by atoms with Crippen molar-refractivity contribution in [2.75, 3.05) is 22.1 Å². The molecule has 1 amide bonds. The summed E-state index contributed by atoms with van der Waals surface area (Å²) in [6, 6.07) is 3.91. The minimum atomic E-state index is -0.699. The van der Waals surface area contributed by atoms with Crippen molar-refractivity contribution in [3.63, 3.8) is 0 Å². The van der Waals surface area contributed by atoms with Gasteiger partial charge in [0.15, 0.2) is 5.82 Å². The van der Waals surface area contributed by atoms with Crippen LogP contribution in [0.5, 0.6) is 0 Å². The number of nitrogens with zero attached hydrogens (tertiary/aromatic N) is 5.